The normalized spacial score (nSPS) is 11.9. The van der Waals surface area contributed by atoms with Crippen LogP contribution in [0.15, 0.2) is 6.20 Å². The van der Waals surface area contributed by atoms with Crippen molar-refractivity contribution < 1.29 is 13.5 Å². The van der Waals surface area contributed by atoms with Gasteiger partial charge in [-0.15, -0.1) is 5.10 Å². The van der Waals surface area contributed by atoms with E-state index in [0.717, 1.165) is 0 Å². The van der Waals surface area contributed by atoms with Gasteiger partial charge in [-0.05, 0) is 0 Å². The molecule has 0 saturated carbocycles. The van der Waals surface area contributed by atoms with Crippen LogP contribution in [0.2, 0.25) is 0 Å². The maximum Gasteiger partial charge on any atom is 0.212 e. The van der Waals surface area contributed by atoms with E-state index in [4.69, 9.17) is 5.11 Å². The average Bonchev–Trinajstić information content (AvgIpc) is 2.73. The van der Waals surface area contributed by atoms with Crippen LogP contribution < -0.4 is 10.0 Å². The summed E-state index contributed by atoms with van der Waals surface area (Å²) in [5.74, 6) is 0.0334. The summed E-state index contributed by atoms with van der Waals surface area (Å²) in [5, 5.41) is 19.4. The highest BCUT2D eigenvalue weighted by molar-refractivity contribution is 7.89. The first-order valence-corrected chi connectivity index (χ1v) is 7.40. The molecular formula is C9H19N5O3S. The minimum atomic E-state index is -3.18. The molecule has 3 N–H and O–H groups in total. The van der Waals surface area contributed by atoms with E-state index in [0.29, 0.717) is 31.9 Å². The Kier molecular flexibility index (Phi) is 6.19. The van der Waals surface area contributed by atoms with Gasteiger partial charge in [-0.2, -0.15) is 0 Å². The van der Waals surface area contributed by atoms with Crippen LogP contribution in [0.5, 0.6) is 0 Å². The Labute approximate surface area is 106 Å². The molecule has 0 spiro atoms. The molecule has 0 bridgehead atoms. The number of aliphatic hydroxyl groups excluding tert-OH is 1. The highest BCUT2D eigenvalue weighted by Crippen LogP contribution is 1.92. The van der Waals surface area contributed by atoms with E-state index in [1.54, 1.807) is 13.1 Å². The second-order valence-corrected chi connectivity index (χ2v) is 5.62. The monoisotopic (exact) mass is 277 g/mol. The molecule has 0 aliphatic heterocycles. The minimum Gasteiger partial charge on any atom is -0.394 e. The van der Waals surface area contributed by atoms with Gasteiger partial charge in [0.25, 0.3) is 0 Å². The lowest BCUT2D eigenvalue weighted by Crippen LogP contribution is -2.31. The van der Waals surface area contributed by atoms with Crippen molar-refractivity contribution in [1.29, 1.82) is 0 Å². The summed E-state index contributed by atoms with van der Waals surface area (Å²) >= 11 is 0. The van der Waals surface area contributed by atoms with Gasteiger partial charge in [0.15, 0.2) is 0 Å². The van der Waals surface area contributed by atoms with Crippen molar-refractivity contribution in [3.05, 3.63) is 11.9 Å². The molecule has 1 aromatic rings. The zero-order valence-corrected chi connectivity index (χ0v) is 11.2. The van der Waals surface area contributed by atoms with Gasteiger partial charge < -0.3 is 10.4 Å². The van der Waals surface area contributed by atoms with Crippen LogP contribution in [-0.4, -0.2) is 54.0 Å². The van der Waals surface area contributed by atoms with Crippen LogP contribution in [0.1, 0.15) is 12.6 Å². The van der Waals surface area contributed by atoms with E-state index < -0.39 is 10.0 Å². The summed E-state index contributed by atoms with van der Waals surface area (Å²) in [5.41, 5.74) is 0.712. The summed E-state index contributed by atoms with van der Waals surface area (Å²) in [6.07, 6.45) is 1.71. The van der Waals surface area contributed by atoms with E-state index in [1.807, 2.05) is 0 Å². The lowest BCUT2D eigenvalue weighted by molar-refractivity contribution is 0.268. The fraction of sp³-hybridized carbons (Fsp3) is 0.778. The van der Waals surface area contributed by atoms with Crippen molar-refractivity contribution in [2.75, 3.05) is 25.4 Å². The van der Waals surface area contributed by atoms with Gasteiger partial charge in [-0.25, -0.2) is 17.8 Å². The Morgan fingerprint density at radius 1 is 1.50 bits per heavy atom. The van der Waals surface area contributed by atoms with Gasteiger partial charge in [0, 0.05) is 25.8 Å². The minimum absolute atomic E-state index is 0.0111. The molecule has 18 heavy (non-hydrogen) atoms. The number of nitrogens with one attached hydrogen (secondary N) is 2. The summed E-state index contributed by atoms with van der Waals surface area (Å²) in [6, 6.07) is 0. The molecule has 0 fully saturated rings. The molecule has 0 unspecified atom stereocenters. The van der Waals surface area contributed by atoms with E-state index >= 15 is 0 Å². The smallest absolute Gasteiger partial charge is 0.212 e. The molecule has 0 aliphatic rings. The van der Waals surface area contributed by atoms with Crippen LogP contribution in [-0.2, 0) is 23.1 Å². The van der Waals surface area contributed by atoms with E-state index in [-0.39, 0.29) is 12.4 Å². The van der Waals surface area contributed by atoms with E-state index in [2.05, 4.69) is 20.4 Å². The van der Waals surface area contributed by atoms with Crippen LogP contribution in [0, 0.1) is 0 Å². The Hall–Kier alpha value is -1.03. The molecular weight excluding hydrogens is 258 g/mol. The van der Waals surface area contributed by atoms with Gasteiger partial charge in [-0.1, -0.05) is 12.1 Å². The first-order valence-electron chi connectivity index (χ1n) is 5.75. The molecule has 1 rings (SSSR count). The highest BCUT2D eigenvalue weighted by atomic mass is 32.2. The molecule has 0 saturated heterocycles. The van der Waals surface area contributed by atoms with Crippen LogP contribution >= 0.6 is 0 Å². The van der Waals surface area contributed by atoms with Crippen molar-refractivity contribution in [2.45, 2.75) is 20.0 Å². The molecule has 0 radical (unpaired) electrons. The Morgan fingerprint density at radius 3 is 2.94 bits per heavy atom. The summed E-state index contributed by atoms with van der Waals surface area (Å²) in [7, 11) is -3.18. The topological polar surface area (TPSA) is 109 Å². The average molecular weight is 277 g/mol. The highest BCUT2D eigenvalue weighted by Gasteiger charge is 2.07. The van der Waals surface area contributed by atoms with Gasteiger partial charge >= 0.3 is 0 Å². The predicted octanol–water partition coefficient (Wildman–Crippen LogP) is -1.70. The quantitative estimate of drug-likeness (QED) is 0.464. The van der Waals surface area contributed by atoms with Gasteiger partial charge in [-0.3, -0.25) is 0 Å². The molecule has 1 aromatic heterocycles. The predicted molar refractivity (Wildman–Crippen MR) is 66.3 cm³/mol. The summed E-state index contributed by atoms with van der Waals surface area (Å²) < 4.78 is 26.6. The SMILES string of the molecule is CCNS(=O)(=O)CCNCc1cn(CCO)nn1. The molecule has 0 amide bonds. The van der Waals surface area contributed by atoms with Crippen molar-refractivity contribution >= 4 is 10.0 Å². The Bertz CT molecular complexity index is 445. The molecule has 9 heteroatoms. The third-order valence-corrected chi connectivity index (χ3v) is 3.60. The molecule has 0 aliphatic carbocycles. The first-order chi connectivity index (χ1) is 8.57. The van der Waals surface area contributed by atoms with Crippen LogP contribution in [0.25, 0.3) is 0 Å². The zero-order valence-electron chi connectivity index (χ0n) is 10.3. The van der Waals surface area contributed by atoms with Crippen LogP contribution in [0.4, 0.5) is 0 Å². The first kappa shape index (κ1) is 15.0. The number of nitrogens with zero attached hydrogens (tertiary/aromatic N) is 3. The van der Waals surface area contributed by atoms with Crippen LogP contribution in [0.3, 0.4) is 0 Å². The standard InChI is InChI=1S/C9H19N5O3S/c1-2-11-18(16,17)6-3-10-7-9-8-14(4-5-15)13-12-9/h8,10-11,15H,2-7H2,1H3. The van der Waals surface area contributed by atoms with Gasteiger partial charge in [0.1, 0.15) is 0 Å². The van der Waals surface area contributed by atoms with E-state index in [9.17, 15) is 8.42 Å². The number of sulfonamides is 1. The molecule has 0 aromatic carbocycles. The lowest BCUT2D eigenvalue weighted by atomic mass is 10.4. The molecule has 0 atom stereocenters. The van der Waals surface area contributed by atoms with Crippen molar-refractivity contribution in [3.8, 4) is 0 Å². The summed E-state index contributed by atoms with van der Waals surface area (Å²) in [4.78, 5) is 0. The number of rotatable bonds is 9. The summed E-state index contributed by atoms with van der Waals surface area (Å²) in [6.45, 7) is 3.36. The fourth-order valence-corrected chi connectivity index (χ4v) is 2.34. The number of aliphatic hydroxyl groups is 1. The van der Waals surface area contributed by atoms with Gasteiger partial charge in [0.2, 0.25) is 10.0 Å². The lowest BCUT2D eigenvalue weighted by Gasteiger charge is -2.04. The van der Waals surface area contributed by atoms with Gasteiger partial charge in [0.05, 0.1) is 24.6 Å². The number of aromatic nitrogens is 3. The zero-order chi connectivity index (χ0) is 13.4. The maximum absolute atomic E-state index is 11.3. The van der Waals surface area contributed by atoms with Crippen molar-refractivity contribution in [2.24, 2.45) is 0 Å². The third-order valence-electron chi connectivity index (χ3n) is 2.13. The van der Waals surface area contributed by atoms with Crippen molar-refractivity contribution in [1.82, 2.24) is 25.0 Å². The fourth-order valence-electron chi connectivity index (χ4n) is 1.35. The second kappa shape index (κ2) is 7.41. The Morgan fingerprint density at radius 2 is 2.28 bits per heavy atom. The molecule has 104 valence electrons. The number of hydrogen-bond donors (Lipinski definition) is 3. The van der Waals surface area contributed by atoms with Crippen molar-refractivity contribution in [3.63, 3.8) is 0 Å². The second-order valence-electron chi connectivity index (χ2n) is 3.69. The molecule has 1 heterocycles. The maximum atomic E-state index is 11.3. The van der Waals surface area contributed by atoms with E-state index in [1.165, 1.54) is 4.68 Å². The third kappa shape index (κ3) is 5.54. The largest absolute Gasteiger partial charge is 0.394 e. The number of hydrogen-bond acceptors (Lipinski definition) is 6. The molecule has 8 nitrogen and oxygen atoms in total. The Balaban J connectivity index is 2.25.